The van der Waals surface area contributed by atoms with Gasteiger partial charge in [-0.15, -0.1) is 0 Å². The highest BCUT2D eigenvalue weighted by Gasteiger charge is 2.36. The van der Waals surface area contributed by atoms with Crippen molar-refractivity contribution >= 4 is 36.5 Å². The van der Waals surface area contributed by atoms with E-state index in [9.17, 15) is 0 Å². The van der Waals surface area contributed by atoms with Crippen LogP contribution in [0.1, 0.15) is 27.2 Å². The first-order valence-corrected chi connectivity index (χ1v) is 18.2. The largest absolute Gasteiger partial charge is 0.497 e. The van der Waals surface area contributed by atoms with Crippen molar-refractivity contribution in [1.82, 2.24) is 15.0 Å². The maximum atomic E-state index is 6.51. The molecule has 10 heteroatoms. The summed E-state index contributed by atoms with van der Waals surface area (Å²) in [7, 11) is 1.50. The summed E-state index contributed by atoms with van der Waals surface area (Å²) in [5, 5.41) is 0.167. The van der Waals surface area contributed by atoms with Gasteiger partial charge < -0.3 is 28.4 Å². The van der Waals surface area contributed by atoms with Crippen molar-refractivity contribution in [2.24, 2.45) is 0 Å². The number of benzene rings is 2. The first-order chi connectivity index (χ1) is 21.1. The number of anilines is 3. The fourth-order valence-corrected chi connectivity index (χ4v) is 6.03. The lowest BCUT2D eigenvalue weighted by molar-refractivity contribution is 0.122. The van der Waals surface area contributed by atoms with Crippen LogP contribution in [0.5, 0.6) is 11.5 Å². The van der Waals surface area contributed by atoms with Gasteiger partial charge in [-0.1, -0.05) is 20.8 Å². The van der Waals surface area contributed by atoms with Crippen molar-refractivity contribution in [3.05, 3.63) is 60.9 Å². The van der Waals surface area contributed by atoms with Gasteiger partial charge in [-0.05, 0) is 54.9 Å². The molecule has 0 aliphatic carbocycles. The van der Waals surface area contributed by atoms with Crippen molar-refractivity contribution in [1.29, 1.82) is 0 Å². The molecule has 2 aromatic carbocycles. The summed E-state index contributed by atoms with van der Waals surface area (Å²) in [5.74, 6) is 2.42. The average molecular weight is 616 g/mol. The zero-order chi connectivity index (χ0) is 31.3. The molecule has 0 amide bonds. The second-order valence-corrected chi connectivity index (χ2v) is 17.4. The Kier molecular flexibility index (Phi) is 9.72. The number of hydrogen-bond acceptors (Lipinski definition) is 9. The Balaban J connectivity index is 1.43. The van der Waals surface area contributed by atoms with Crippen LogP contribution in [-0.2, 0) is 9.16 Å². The lowest BCUT2D eigenvalue weighted by atomic mass is 10.1. The van der Waals surface area contributed by atoms with Crippen LogP contribution in [0.4, 0.5) is 17.2 Å². The van der Waals surface area contributed by atoms with Crippen molar-refractivity contribution < 1.29 is 18.6 Å². The molecule has 1 saturated heterocycles. The van der Waals surface area contributed by atoms with E-state index >= 15 is 0 Å². The van der Waals surface area contributed by atoms with Gasteiger partial charge in [-0.2, -0.15) is 0 Å². The molecule has 5 rings (SSSR count). The predicted octanol–water partition coefficient (Wildman–Crippen LogP) is 7.10. The van der Waals surface area contributed by atoms with Crippen molar-refractivity contribution in [3.63, 3.8) is 0 Å². The number of methoxy groups -OCH3 is 2. The molecule has 0 spiro atoms. The van der Waals surface area contributed by atoms with Crippen molar-refractivity contribution in [3.8, 4) is 22.8 Å². The maximum absolute atomic E-state index is 6.51. The summed E-state index contributed by atoms with van der Waals surface area (Å²) in [5.41, 5.74) is 5.34. The third kappa shape index (κ3) is 7.31. The van der Waals surface area contributed by atoms with Crippen LogP contribution in [0.15, 0.2) is 60.9 Å². The molecule has 1 fully saturated rings. The molecule has 3 heterocycles. The number of morpholine rings is 1. The molecular formula is C34H45N5O4Si. The summed E-state index contributed by atoms with van der Waals surface area (Å²) in [4.78, 5) is 19.0. The smallest absolute Gasteiger partial charge is 0.191 e. The highest BCUT2D eigenvalue weighted by atomic mass is 28.4. The minimum atomic E-state index is -1.84. The number of pyridine rings is 1. The molecule has 0 bridgehead atoms. The quantitative estimate of drug-likeness (QED) is 0.130. The van der Waals surface area contributed by atoms with Gasteiger partial charge in [0.15, 0.2) is 8.32 Å². The Hall–Kier alpha value is -3.73. The van der Waals surface area contributed by atoms with E-state index in [1.165, 1.54) is 0 Å². The molecule has 4 aromatic rings. The Morgan fingerprint density at radius 1 is 0.864 bits per heavy atom. The van der Waals surface area contributed by atoms with Crippen LogP contribution in [0, 0.1) is 0 Å². The van der Waals surface area contributed by atoms with E-state index in [0.717, 1.165) is 90.3 Å². The average Bonchev–Trinajstić information content (AvgIpc) is 3.04. The van der Waals surface area contributed by atoms with Gasteiger partial charge in [0.1, 0.15) is 17.3 Å². The molecule has 0 radical (unpaired) electrons. The number of fused-ring (bicyclic) bond motifs is 1. The summed E-state index contributed by atoms with van der Waals surface area (Å²) >= 11 is 0. The van der Waals surface area contributed by atoms with E-state index in [1.807, 2.05) is 42.7 Å². The molecule has 1 aliphatic heterocycles. The monoisotopic (exact) mass is 615 g/mol. The predicted molar refractivity (Wildman–Crippen MR) is 180 cm³/mol. The van der Waals surface area contributed by atoms with Gasteiger partial charge in [0.05, 0.1) is 50.4 Å². The third-order valence-electron chi connectivity index (χ3n) is 8.66. The van der Waals surface area contributed by atoms with Crippen LogP contribution in [0.2, 0.25) is 18.1 Å². The molecule has 0 atom stereocenters. The fourth-order valence-electron chi connectivity index (χ4n) is 4.95. The summed E-state index contributed by atoms with van der Waals surface area (Å²) in [6.45, 7) is 16.0. The number of aromatic nitrogens is 3. The molecule has 1 aliphatic rings. The Labute approximate surface area is 262 Å². The van der Waals surface area contributed by atoms with Gasteiger partial charge in [-0.3, -0.25) is 4.98 Å². The van der Waals surface area contributed by atoms with E-state index in [-0.39, 0.29) is 5.04 Å². The molecule has 0 unspecified atom stereocenters. The highest BCUT2D eigenvalue weighted by molar-refractivity contribution is 6.74. The highest BCUT2D eigenvalue weighted by Crippen LogP contribution is 2.37. The number of hydrogen-bond donors (Lipinski definition) is 0. The number of nitrogens with zero attached hydrogens (tertiary/aromatic N) is 5. The van der Waals surface area contributed by atoms with E-state index < -0.39 is 8.32 Å². The molecule has 9 nitrogen and oxygen atoms in total. The molecule has 2 aromatic heterocycles. The SMILES string of the molecule is COc1cc(OC)cc(N(CCCO[Si](C)(C)C(C)(C)C)c2ccc3ncc(-c4ccc(N5CCOCC5)nc4)nc3c2)c1. The summed E-state index contributed by atoms with van der Waals surface area (Å²) in [6.07, 6.45) is 4.55. The van der Waals surface area contributed by atoms with E-state index in [2.05, 4.69) is 61.9 Å². The first kappa shape index (κ1) is 31.7. The van der Waals surface area contributed by atoms with E-state index in [4.69, 9.17) is 33.6 Å². The standard InChI is InChI=1S/C34H45N5O4Si/c1-34(2,3)44(6,7)43-16-8-13-39(27-19-28(40-4)22-29(20-27)41-5)26-10-11-30-31(21-26)37-32(24-35-30)25-9-12-33(36-23-25)38-14-17-42-18-15-38/h9-12,19-24H,8,13-18H2,1-7H3. The van der Waals surface area contributed by atoms with Crippen molar-refractivity contribution in [2.45, 2.75) is 45.3 Å². The second kappa shape index (κ2) is 13.5. The van der Waals surface area contributed by atoms with Crippen LogP contribution >= 0.6 is 0 Å². The van der Waals surface area contributed by atoms with E-state index in [0.29, 0.717) is 6.61 Å². The van der Waals surface area contributed by atoms with Gasteiger partial charge in [0, 0.05) is 67.6 Å². The Bertz CT molecular complexity index is 1530. The first-order valence-electron chi connectivity index (χ1n) is 15.3. The third-order valence-corrected chi connectivity index (χ3v) is 13.2. The van der Waals surface area contributed by atoms with Gasteiger partial charge in [0.2, 0.25) is 0 Å². The minimum Gasteiger partial charge on any atom is -0.497 e. The topological polar surface area (TPSA) is 82.1 Å². The lowest BCUT2D eigenvalue weighted by Gasteiger charge is -2.36. The van der Waals surface area contributed by atoms with Gasteiger partial charge >= 0.3 is 0 Å². The second-order valence-electron chi connectivity index (χ2n) is 12.6. The van der Waals surface area contributed by atoms with E-state index in [1.54, 1.807) is 14.2 Å². The Morgan fingerprint density at radius 2 is 1.59 bits per heavy atom. The van der Waals surface area contributed by atoms with Crippen LogP contribution in [0.25, 0.3) is 22.3 Å². The minimum absolute atomic E-state index is 0.167. The molecule has 0 saturated carbocycles. The molecule has 234 valence electrons. The van der Waals surface area contributed by atoms with Crippen LogP contribution < -0.4 is 19.3 Å². The number of ether oxygens (including phenoxy) is 3. The fraction of sp³-hybridized carbons (Fsp3) is 0.441. The van der Waals surface area contributed by atoms with Crippen LogP contribution in [-0.4, -0.2) is 76.9 Å². The van der Waals surface area contributed by atoms with Gasteiger partial charge in [0.25, 0.3) is 0 Å². The molecular weight excluding hydrogens is 570 g/mol. The summed E-state index contributed by atoms with van der Waals surface area (Å²) < 4.78 is 23.2. The molecule has 0 N–H and O–H groups in total. The normalized spacial score (nSPS) is 14.1. The zero-order valence-electron chi connectivity index (χ0n) is 27.1. The Morgan fingerprint density at radius 3 is 2.23 bits per heavy atom. The maximum Gasteiger partial charge on any atom is 0.191 e. The number of rotatable bonds is 11. The van der Waals surface area contributed by atoms with Gasteiger partial charge in [-0.25, -0.2) is 9.97 Å². The van der Waals surface area contributed by atoms with Crippen LogP contribution in [0.3, 0.4) is 0 Å². The zero-order valence-corrected chi connectivity index (χ0v) is 28.1. The molecule has 44 heavy (non-hydrogen) atoms. The van der Waals surface area contributed by atoms with Crippen molar-refractivity contribution in [2.75, 3.05) is 63.5 Å². The lowest BCUT2D eigenvalue weighted by Crippen LogP contribution is -2.41. The summed E-state index contributed by atoms with van der Waals surface area (Å²) in [6, 6.07) is 16.3.